The van der Waals surface area contributed by atoms with Crippen LogP contribution in [0.2, 0.25) is 0 Å². The first kappa shape index (κ1) is 12.8. The highest BCUT2D eigenvalue weighted by atomic mass is 16.6. The molecule has 1 aromatic heterocycles. The van der Waals surface area contributed by atoms with Gasteiger partial charge in [0.05, 0.1) is 4.92 Å². The van der Waals surface area contributed by atoms with Crippen molar-refractivity contribution in [2.45, 2.75) is 25.8 Å². The summed E-state index contributed by atoms with van der Waals surface area (Å²) in [6, 6.07) is -0.790. The van der Waals surface area contributed by atoms with Crippen molar-refractivity contribution >= 4 is 17.6 Å². The number of carboxylic acids is 1. The lowest BCUT2D eigenvalue weighted by Gasteiger charge is -2.12. The quantitative estimate of drug-likeness (QED) is 0.563. The number of rotatable bonds is 6. The number of nitrogens with one attached hydrogen (secondary N) is 1. The van der Waals surface area contributed by atoms with Crippen LogP contribution in [0.4, 0.5) is 11.6 Å². The zero-order chi connectivity index (χ0) is 12.8. The highest BCUT2D eigenvalue weighted by molar-refractivity contribution is 5.76. The highest BCUT2D eigenvalue weighted by Gasteiger charge is 2.17. The maximum absolute atomic E-state index is 10.8. The number of hydrogen-bond acceptors (Lipinski definition) is 6. The second kappa shape index (κ2) is 5.73. The minimum atomic E-state index is -1.01. The van der Waals surface area contributed by atoms with E-state index >= 15 is 0 Å². The van der Waals surface area contributed by atoms with Crippen molar-refractivity contribution in [3.8, 4) is 0 Å². The van der Waals surface area contributed by atoms with E-state index in [9.17, 15) is 14.9 Å². The molecule has 0 aliphatic heterocycles. The van der Waals surface area contributed by atoms with Crippen LogP contribution in [0.15, 0.2) is 12.4 Å². The van der Waals surface area contributed by atoms with Gasteiger partial charge in [0.15, 0.2) is 0 Å². The third-order valence-corrected chi connectivity index (χ3v) is 2.03. The van der Waals surface area contributed by atoms with Gasteiger partial charge in [0.25, 0.3) is 0 Å². The van der Waals surface area contributed by atoms with E-state index in [1.807, 2.05) is 6.92 Å². The molecule has 0 amide bonds. The fraction of sp³-hybridized carbons (Fsp3) is 0.444. The molecule has 0 fully saturated rings. The highest BCUT2D eigenvalue weighted by Crippen LogP contribution is 2.10. The predicted molar refractivity (Wildman–Crippen MR) is 58.6 cm³/mol. The van der Waals surface area contributed by atoms with Gasteiger partial charge in [0, 0.05) is 0 Å². The van der Waals surface area contributed by atoms with Crippen molar-refractivity contribution in [3.63, 3.8) is 0 Å². The molecule has 8 heteroatoms. The summed E-state index contributed by atoms with van der Waals surface area (Å²) in [6.45, 7) is 1.86. The van der Waals surface area contributed by atoms with Gasteiger partial charge in [-0.15, -0.1) is 0 Å². The maximum Gasteiger partial charge on any atom is 0.326 e. The zero-order valence-corrected chi connectivity index (χ0v) is 9.16. The van der Waals surface area contributed by atoms with Gasteiger partial charge >= 0.3 is 11.7 Å². The van der Waals surface area contributed by atoms with Crippen molar-refractivity contribution in [2.75, 3.05) is 5.32 Å². The average Bonchev–Trinajstić information content (AvgIpc) is 2.29. The summed E-state index contributed by atoms with van der Waals surface area (Å²) in [5.74, 6) is -0.940. The van der Waals surface area contributed by atoms with E-state index < -0.39 is 16.9 Å². The Hall–Kier alpha value is -2.25. The van der Waals surface area contributed by atoms with Gasteiger partial charge in [-0.05, 0) is 6.42 Å². The molecule has 0 saturated carbocycles. The first-order valence-corrected chi connectivity index (χ1v) is 5.00. The van der Waals surface area contributed by atoms with Crippen molar-refractivity contribution in [3.05, 3.63) is 22.5 Å². The summed E-state index contributed by atoms with van der Waals surface area (Å²) in [4.78, 5) is 27.9. The van der Waals surface area contributed by atoms with Crippen LogP contribution in [0, 0.1) is 10.1 Å². The van der Waals surface area contributed by atoms with Gasteiger partial charge in [-0.25, -0.2) is 14.8 Å². The molecule has 0 saturated heterocycles. The van der Waals surface area contributed by atoms with E-state index in [1.54, 1.807) is 0 Å². The second-order valence-corrected chi connectivity index (χ2v) is 3.35. The molecule has 8 nitrogen and oxygen atoms in total. The van der Waals surface area contributed by atoms with Crippen LogP contribution in [0.25, 0.3) is 0 Å². The van der Waals surface area contributed by atoms with Crippen LogP contribution in [0.5, 0.6) is 0 Å². The molecule has 0 aliphatic rings. The number of hydrogen-bond donors (Lipinski definition) is 2. The van der Waals surface area contributed by atoms with Crippen LogP contribution >= 0.6 is 0 Å². The van der Waals surface area contributed by atoms with Crippen LogP contribution in [0.3, 0.4) is 0 Å². The first-order chi connectivity index (χ1) is 8.04. The molecular weight excluding hydrogens is 228 g/mol. The van der Waals surface area contributed by atoms with E-state index in [1.165, 1.54) is 0 Å². The summed E-state index contributed by atoms with van der Waals surface area (Å²) < 4.78 is 0. The Morgan fingerprint density at radius 2 is 2.18 bits per heavy atom. The Bertz CT molecular complexity index is 406. The number of carboxylic acid groups (broad SMARTS) is 1. The molecule has 0 aromatic carbocycles. The third kappa shape index (κ3) is 3.67. The Labute approximate surface area is 96.9 Å². The van der Waals surface area contributed by atoms with Gasteiger partial charge in [-0.3, -0.25) is 10.1 Å². The minimum absolute atomic E-state index is 0.0662. The van der Waals surface area contributed by atoms with Gasteiger partial charge < -0.3 is 10.4 Å². The molecule has 0 aliphatic carbocycles. The molecule has 0 spiro atoms. The normalized spacial score (nSPS) is 11.8. The lowest BCUT2D eigenvalue weighted by Crippen LogP contribution is -2.29. The number of nitrogens with zero attached hydrogens (tertiary/aromatic N) is 3. The van der Waals surface area contributed by atoms with Crippen molar-refractivity contribution in [2.24, 2.45) is 0 Å². The van der Waals surface area contributed by atoms with Crippen molar-refractivity contribution < 1.29 is 14.8 Å². The summed E-state index contributed by atoms with van der Waals surface area (Å²) in [5.41, 5.74) is -0.238. The molecule has 1 unspecified atom stereocenters. The average molecular weight is 240 g/mol. The molecule has 1 atom stereocenters. The molecule has 1 aromatic rings. The van der Waals surface area contributed by atoms with E-state index in [0.29, 0.717) is 12.8 Å². The smallest absolute Gasteiger partial charge is 0.326 e. The fourth-order valence-corrected chi connectivity index (χ4v) is 1.19. The first-order valence-electron chi connectivity index (χ1n) is 5.00. The topological polar surface area (TPSA) is 118 Å². The van der Waals surface area contributed by atoms with E-state index in [2.05, 4.69) is 15.3 Å². The van der Waals surface area contributed by atoms with Crippen molar-refractivity contribution in [1.82, 2.24) is 9.97 Å². The number of nitro groups is 1. The van der Waals surface area contributed by atoms with Gasteiger partial charge in [0.1, 0.15) is 18.4 Å². The van der Waals surface area contributed by atoms with Crippen molar-refractivity contribution in [1.29, 1.82) is 0 Å². The van der Waals surface area contributed by atoms with E-state index in [0.717, 1.165) is 12.4 Å². The van der Waals surface area contributed by atoms with Gasteiger partial charge in [0.2, 0.25) is 5.95 Å². The molecule has 1 heterocycles. The van der Waals surface area contributed by atoms with Crippen LogP contribution in [-0.4, -0.2) is 32.0 Å². The third-order valence-electron chi connectivity index (χ3n) is 2.03. The molecule has 0 bridgehead atoms. The van der Waals surface area contributed by atoms with Gasteiger partial charge in [-0.2, -0.15) is 0 Å². The number of anilines is 1. The van der Waals surface area contributed by atoms with Crippen LogP contribution in [0.1, 0.15) is 19.8 Å². The number of aromatic nitrogens is 2. The molecule has 2 N–H and O–H groups in total. The summed E-state index contributed by atoms with van der Waals surface area (Å²) >= 11 is 0. The Balaban J connectivity index is 2.73. The molecule has 0 radical (unpaired) electrons. The second-order valence-electron chi connectivity index (χ2n) is 3.35. The lowest BCUT2D eigenvalue weighted by atomic mass is 10.2. The molecular formula is C9H12N4O4. The summed E-state index contributed by atoms with van der Waals surface area (Å²) in [5, 5.41) is 21.8. The Morgan fingerprint density at radius 3 is 2.59 bits per heavy atom. The van der Waals surface area contributed by atoms with E-state index in [-0.39, 0.29) is 11.6 Å². The monoisotopic (exact) mass is 240 g/mol. The minimum Gasteiger partial charge on any atom is -0.480 e. The Morgan fingerprint density at radius 1 is 1.59 bits per heavy atom. The molecule has 1 rings (SSSR count). The predicted octanol–water partition coefficient (Wildman–Crippen LogP) is 1.05. The fourth-order valence-electron chi connectivity index (χ4n) is 1.19. The van der Waals surface area contributed by atoms with E-state index in [4.69, 9.17) is 5.11 Å². The summed E-state index contributed by atoms with van der Waals surface area (Å²) in [7, 11) is 0. The Kier molecular flexibility index (Phi) is 4.32. The zero-order valence-electron chi connectivity index (χ0n) is 9.16. The molecule has 17 heavy (non-hydrogen) atoms. The number of aliphatic carboxylic acids is 1. The molecule has 92 valence electrons. The SMILES string of the molecule is CCCC(Nc1ncc([N+](=O)[O-])cn1)C(=O)O. The summed E-state index contributed by atoms with van der Waals surface area (Å²) in [6.07, 6.45) is 3.17. The van der Waals surface area contributed by atoms with Crippen LogP contribution in [-0.2, 0) is 4.79 Å². The lowest BCUT2D eigenvalue weighted by molar-refractivity contribution is -0.385. The maximum atomic E-state index is 10.8. The van der Waals surface area contributed by atoms with Gasteiger partial charge in [-0.1, -0.05) is 13.3 Å². The number of carbonyl (C=O) groups is 1. The van der Waals surface area contributed by atoms with Crippen LogP contribution < -0.4 is 5.32 Å². The largest absolute Gasteiger partial charge is 0.480 e. The standard InChI is InChI=1S/C9H12N4O4/c1-2-3-7(8(14)15)12-9-10-4-6(5-11-9)13(16)17/h4-5,7H,2-3H2,1H3,(H,14,15)(H,10,11,12).